The first-order valence-corrected chi connectivity index (χ1v) is 9.61. The van der Waals surface area contributed by atoms with E-state index in [0.717, 1.165) is 34.4 Å². The van der Waals surface area contributed by atoms with Crippen molar-refractivity contribution in [1.29, 1.82) is 0 Å². The van der Waals surface area contributed by atoms with Crippen LogP contribution in [-0.2, 0) is 5.75 Å². The first-order valence-electron chi connectivity index (χ1n) is 6.93. The van der Waals surface area contributed by atoms with E-state index in [-0.39, 0.29) is 5.56 Å². The Hall–Kier alpha value is -1.45. The molecule has 0 atom stereocenters. The van der Waals surface area contributed by atoms with Gasteiger partial charge in [-0.1, -0.05) is 36.4 Å². The number of nitrogens with zero attached hydrogens (tertiary/aromatic N) is 3. The minimum absolute atomic E-state index is 0.0743. The molecule has 0 saturated heterocycles. The van der Waals surface area contributed by atoms with Crippen molar-refractivity contribution in [2.45, 2.75) is 29.9 Å². The van der Waals surface area contributed by atoms with Crippen LogP contribution in [0.15, 0.2) is 20.6 Å². The molecule has 0 bridgehead atoms. The molecule has 3 aromatic heterocycles. The minimum Gasteiger partial charge on any atom is -0.360 e. The number of unbranched alkanes of at least 4 members (excludes halogenated alkanes) is 1. The van der Waals surface area contributed by atoms with Crippen molar-refractivity contribution in [3.8, 4) is 0 Å². The fraction of sp³-hybridized carbons (Fsp3) is 0.385. The van der Waals surface area contributed by atoms with Gasteiger partial charge < -0.3 is 10.3 Å². The van der Waals surface area contributed by atoms with Gasteiger partial charge in [-0.2, -0.15) is 0 Å². The van der Waals surface area contributed by atoms with Crippen molar-refractivity contribution in [3.05, 3.63) is 27.6 Å². The summed E-state index contributed by atoms with van der Waals surface area (Å²) in [5.41, 5.74) is 0.679. The maximum atomic E-state index is 11.9. The van der Waals surface area contributed by atoms with Gasteiger partial charge in [-0.25, -0.2) is 4.98 Å². The first kappa shape index (κ1) is 15.4. The quantitative estimate of drug-likeness (QED) is 0.501. The van der Waals surface area contributed by atoms with Gasteiger partial charge in [0.2, 0.25) is 5.13 Å². The number of thiophene rings is 1. The Morgan fingerprint density at radius 1 is 1.41 bits per heavy atom. The van der Waals surface area contributed by atoms with Crippen LogP contribution in [0.2, 0.25) is 0 Å². The molecule has 0 aliphatic heterocycles. The predicted octanol–water partition coefficient (Wildman–Crippen LogP) is 3.34. The van der Waals surface area contributed by atoms with Crippen LogP contribution in [0.5, 0.6) is 0 Å². The van der Waals surface area contributed by atoms with Crippen molar-refractivity contribution in [3.63, 3.8) is 0 Å². The zero-order valence-electron chi connectivity index (χ0n) is 12.0. The van der Waals surface area contributed by atoms with E-state index in [1.165, 1.54) is 34.4 Å². The Labute approximate surface area is 139 Å². The van der Waals surface area contributed by atoms with E-state index < -0.39 is 0 Å². The predicted molar refractivity (Wildman–Crippen MR) is 93.1 cm³/mol. The van der Waals surface area contributed by atoms with Crippen molar-refractivity contribution in [2.24, 2.45) is 0 Å². The summed E-state index contributed by atoms with van der Waals surface area (Å²) >= 11 is 4.46. The fourth-order valence-electron chi connectivity index (χ4n) is 1.83. The lowest BCUT2D eigenvalue weighted by atomic mass is 10.3. The van der Waals surface area contributed by atoms with Gasteiger partial charge in [0, 0.05) is 6.54 Å². The number of aromatic nitrogens is 4. The molecule has 0 amide bonds. The topological polar surface area (TPSA) is 83.6 Å². The Balaban J connectivity index is 1.62. The van der Waals surface area contributed by atoms with E-state index in [1.807, 2.05) is 11.4 Å². The van der Waals surface area contributed by atoms with Gasteiger partial charge in [-0.05, 0) is 17.9 Å². The van der Waals surface area contributed by atoms with Crippen LogP contribution in [0.4, 0.5) is 5.13 Å². The van der Waals surface area contributed by atoms with Crippen LogP contribution in [-0.4, -0.2) is 26.7 Å². The number of hydrogen-bond donors (Lipinski definition) is 2. The number of anilines is 1. The highest BCUT2D eigenvalue weighted by Gasteiger charge is 2.08. The molecule has 0 fully saturated rings. The zero-order chi connectivity index (χ0) is 15.4. The molecule has 0 spiro atoms. The lowest BCUT2D eigenvalue weighted by Gasteiger charge is -1.99. The molecule has 2 N–H and O–H groups in total. The van der Waals surface area contributed by atoms with Crippen molar-refractivity contribution in [1.82, 2.24) is 20.2 Å². The van der Waals surface area contributed by atoms with Crippen molar-refractivity contribution in [2.75, 3.05) is 11.9 Å². The highest BCUT2D eigenvalue weighted by molar-refractivity contribution is 8.00. The van der Waals surface area contributed by atoms with Gasteiger partial charge in [0.1, 0.15) is 10.5 Å². The third kappa shape index (κ3) is 3.65. The maximum absolute atomic E-state index is 11.9. The molecule has 3 aromatic rings. The normalized spacial score (nSPS) is 11.1. The van der Waals surface area contributed by atoms with Crippen LogP contribution in [0.25, 0.3) is 10.2 Å². The second kappa shape index (κ2) is 7.21. The summed E-state index contributed by atoms with van der Waals surface area (Å²) in [6.07, 6.45) is 2.27. The van der Waals surface area contributed by atoms with Crippen LogP contribution in [0.3, 0.4) is 0 Å². The van der Waals surface area contributed by atoms with E-state index in [1.54, 1.807) is 0 Å². The Morgan fingerprint density at radius 2 is 2.32 bits per heavy atom. The van der Waals surface area contributed by atoms with E-state index in [4.69, 9.17) is 0 Å². The van der Waals surface area contributed by atoms with E-state index in [0.29, 0.717) is 16.3 Å². The van der Waals surface area contributed by atoms with Gasteiger partial charge in [-0.15, -0.1) is 21.5 Å². The van der Waals surface area contributed by atoms with Gasteiger partial charge in [-0.3, -0.25) is 4.79 Å². The molecule has 0 aromatic carbocycles. The summed E-state index contributed by atoms with van der Waals surface area (Å²) < 4.78 is 1.54. The SMILES string of the molecule is CCCCNc1nnc(SCc2nc3ccsc3c(=O)[nH]2)s1. The van der Waals surface area contributed by atoms with Crippen LogP contribution >= 0.6 is 34.4 Å². The molecule has 0 aliphatic carbocycles. The summed E-state index contributed by atoms with van der Waals surface area (Å²) in [6, 6.07) is 1.87. The average Bonchev–Trinajstić information content (AvgIpc) is 3.14. The van der Waals surface area contributed by atoms with E-state index in [2.05, 4.69) is 32.4 Å². The molecular formula is C13H15N5OS3. The molecule has 116 valence electrons. The molecule has 22 heavy (non-hydrogen) atoms. The maximum Gasteiger partial charge on any atom is 0.268 e. The number of nitrogens with one attached hydrogen (secondary N) is 2. The monoisotopic (exact) mass is 353 g/mol. The van der Waals surface area contributed by atoms with Crippen LogP contribution < -0.4 is 10.9 Å². The number of thioether (sulfide) groups is 1. The van der Waals surface area contributed by atoms with Gasteiger partial charge in [0.25, 0.3) is 5.56 Å². The number of H-pyrrole nitrogens is 1. The highest BCUT2D eigenvalue weighted by Crippen LogP contribution is 2.27. The lowest BCUT2D eigenvalue weighted by molar-refractivity contribution is 0.830. The smallest absolute Gasteiger partial charge is 0.268 e. The summed E-state index contributed by atoms with van der Waals surface area (Å²) in [6.45, 7) is 3.07. The second-order valence-corrected chi connectivity index (χ2v) is 7.71. The molecule has 3 rings (SSSR count). The van der Waals surface area contributed by atoms with E-state index in [9.17, 15) is 4.79 Å². The largest absolute Gasteiger partial charge is 0.360 e. The van der Waals surface area contributed by atoms with Gasteiger partial charge in [0.15, 0.2) is 4.34 Å². The lowest BCUT2D eigenvalue weighted by Crippen LogP contribution is -2.09. The molecule has 0 unspecified atom stereocenters. The van der Waals surface area contributed by atoms with Crippen LogP contribution in [0, 0.1) is 0 Å². The Morgan fingerprint density at radius 3 is 3.18 bits per heavy atom. The average molecular weight is 353 g/mol. The Bertz CT molecular complexity index is 809. The molecule has 9 heteroatoms. The summed E-state index contributed by atoms with van der Waals surface area (Å²) in [5.74, 6) is 1.24. The summed E-state index contributed by atoms with van der Waals surface area (Å²) in [4.78, 5) is 19.2. The molecule has 0 radical (unpaired) electrons. The molecule has 6 nitrogen and oxygen atoms in total. The number of aromatic amines is 1. The van der Waals surface area contributed by atoms with Crippen molar-refractivity contribution < 1.29 is 0 Å². The van der Waals surface area contributed by atoms with Gasteiger partial charge in [0.05, 0.1) is 11.3 Å². The fourth-order valence-corrected chi connectivity index (χ4v) is 4.20. The molecule has 3 heterocycles. The molecule has 0 aliphatic rings. The summed E-state index contributed by atoms with van der Waals surface area (Å²) in [7, 11) is 0. The molecule has 0 saturated carbocycles. The highest BCUT2D eigenvalue weighted by atomic mass is 32.2. The Kier molecular flexibility index (Phi) is 5.06. The number of fused-ring (bicyclic) bond motifs is 1. The summed E-state index contributed by atoms with van der Waals surface area (Å²) in [5, 5.41) is 14.2. The zero-order valence-corrected chi connectivity index (χ0v) is 14.4. The number of hydrogen-bond acceptors (Lipinski definition) is 8. The van der Waals surface area contributed by atoms with Crippen molar-refractivity contribution >= 4 is 49.8 Å². The number of rotatable bonds is 7. The minimum atomic E-state index is -0.0743. The second-order valence-electron chi connectivity index (χ2n) is 4.59. The first-order chi connectivity index (χ1) is 10.8. The standard InChI is InChI=1S/C13H15N5OS3/c1-2-3-5-14-12-17-18-13(22-12)21-7-9-15-8-4-6-20-10(8)11(19)16-9/h4,6H,2-3,5,7H2,1H3,(H,14,17)(H,15,16,19). The third-order valence-electron chi connectivity index (χ3n) is 2.91. The third-order valence-corrected chi connectivity index (χ3v) is 5.84. The van der Waals surface area contributed by atoms with Crippen LogP contribution in [0.1, 0.15) is 25.6 Å². The molecular weight excluding hydrogens is 338 g/mol. The van der Waals surface area contributed by atoms with Gasteiger partial charge >= 0.3 is 0 Å². The van der Waals surface area contributed by atoms with E-state index >= 15 is 0 Å².